The third kappa shape index (κ3) is 2.03. The highest BCUT2D eigenvalue weighted by molar-refractivity contribution is 5.04. The number of nitrogens with zero attached hydrogens (tertiary/aromatic N) is 2. The summed E-state index contributed by atoms with van der Waals surface area (Å²) in [4.78, 5) is 0. The van der Waals surface area contributed by atoms with E-state index in [0.29, 0.717) is 0 Å². The van der Waals surface area contributed by atoms with Gasteiger partial charge < -0.3 is 5.32 Å². The zero-order valence-electron chi connectivity index (χ0n) is 11.9. The van der Waals surface area contributed by atoms with Gasteiger partial charge in [-0.05, 0) is 68.8 Å². The van der Waals surface area contributed by atoms with Crippen LogP contribution in [0.3, 0.4) is 0 Å². The lowest BCUT2D eigenvalue weighted by molar-refractivity contribution is -0.0144. The Balaban J connectivity index is 1.43. The number of nitrogens with one attached hydrogen (secondary N) is 1. The van der Waals surface area contributed by atoms with Crippen LogP contribution in [0.2, 0.25) is 0 Å². The summed E-state index contributed by atoms with van der Waals surface area (Å²) in [7, 11) is 0. The Morgan fingerprint density at radius 3 is 2.47 bits per heavy atom. The fourth-order valence-corrected chi connectivity index (χ4v) is 5.28. The highest BCUT2D eigenvalue weighted by atomic mass is 15.3. The van der Waals surface area contributed by atoms with Crippen LogP contribution in [0.4, 0.5) is 0 Å². The second-order valence-corrected chi connectivity index (χ2v) is 6.98. The SMILES string of the molecule is CCn1nccc1CNC1C2CC3CC(C2)CC1C3. The van der Waals surface area contributed by atoms with E-state index in [1.807, 2.05) is 6.20 Å². The molecule has 0 aliphatic heterocycles. The molecule has 1 aromatic rings. The third-order valence-electron chi connectivity index (χ3n) is 5.85. The number of hydrogen-bond donors (Lipinski definition) is 1. The van der Waals surface area contributed by atoms with Crippen molar-refractivity contribution in [2.24, 2.45) is 23.7 Å². The quantitative estimate of drug-likeness (QED) is 0.901. The summed E-state index contributed by atoms with van der Waals surface area (Å²) in [6.07, 6.45) is 9.46. The summed E-state index contributed by atoms with van der Waals surface area (Å²) >= 11 is 0. The Kier molecular flexibility index (Phi) is 2.91. The van der Waals surface area contributed by atoms with Crippen LogP contribution in [0.15, 0.2) is 12.3 Å². The molecule has 3 heteroatoms. The van der Waals surface area contributed by atoms with Crippen molar-refractivity contribution in [3.63, 3.8) is 0 Å². The van der Waals surface area contributed by atoms with E-state index < -0.39 is 0 Å². The zero-order valence-corrected chi connectivity index (χ0v) is 11.9. The highest BCUT2D eigenvalue weighted by Gasteiger charge is 2.47. The molecule has 4 saturated carbocycles. The second kappa shape index (κ2) is 4.62. The molecule has 0 saturated heterocycles. The molecule has 0 radical (unpaired) electrons. The van der Waals surface area contributed by atoms with Crippen molar-refractivity contribution in [2.75, 3.05) is 0 Å². The minimum atomic E-state index is 0.785. The number of rotatable bonds is 4. The molecule has 4 aliphatic rings. The Hall–Kier alpha value is -0.830. The lowest BCUT2D eigenvalue weighted by Gasteiger charge is -2.54. The topological polar surface area (TPSA) is 29.9 Å². The van der Waals surface area contributed by atoms with E-state index in [4.69, 9.17) is 0 Å². The molecule has 19 heavy (non-hydrogen) atoms. The number of hydrogen-bond acceptors (Lipinski definition) is 2. The van der Waals surface area contributed by atoms with E-state index in [0.717, 1.165) is 42.8 Å². The minimum absolute atomic E-state index is 0.785. The van der Waals surface area contributed by atoms with Gasteiger partial charge in [0.1, 0.15) is 0 Å². The molecule has 5 rings (SSSR count). The maximum absolute atomic E-state index is 4.37. The summed E-state index contributed by atoms with van der Waals surface area (Å²) in [5, 5.41) is 8.25. The summed E-state index contributed by atoms with van der Waals surface area (Å²) in [6.45, 7) is 4.14. The Bertz CT molecular complexity index is 423. The summed E-state index contributed by atoms with van der Waals surface area (Å²) in [5.41, 5.74) is 1.34. The molecule has 0 amide bonds. The molecule has 4 fully saturated rings. The van der Waals surface area contributed by atoms with Gasteiger partial charge in [0.05, 0.1) is 5.69 Å². The van der Waals surface area contributed by atoms with Gasteiger partial charge in [0.2, 0.25) is 0 Å². The second-order valence-electron chi connectivity index (χ2n) is 6.98. The van der Waals surface area contributed by atoms with Gasteiger partial charge in [-0.25, -0.2) is 0 Å². The maximum Gasteiger partial charge on any atom is 0.0522 e. The number of aryl methyl sites for hydroxylation is 1. The monoisotopic (exact) mass is 259 g/mol. The Morgan fingerprint density at radius 2 is 1.84 bits per heavy atom. The van der Waals surface area contributed by atoms with Crippen LogP contribution in [0, 0.1) is 23.7 Å². The molecule has 0 spiro atoms. The van der Waals surface area contributed by atoms with Gasteiger partial charge in [-0.15, -0.1) is 0 Å². The fraction of sp³-hybridized carbons (Fsp3) is 0.812. The molecule has 1 aromatic heterocycles. The molecule has 104 valence electrons. The molecule has 4 bridgehead atoms. The first-order chi connectivity index (χ1) is 9.33. The van der Waals surface area contributed by atoms with Crippen LogP contribution < -0.4 is 5.32 Å². The summed E-state index contributed by atoms with van der Waals surface area (Å²) < 4.78 is 2.11. The maximum atomic E-state index is 4.37. The van der Waals surface area contributed by atoms with E-state index in [1.165, 1.54) is 31.4 Å². The van der Waals surface area contributed by atoms with Gasteiger partial charge in [0, 0.05) is 25.3 Å². The van der Waals surface area contributed by atoms with Crippen molar-refractivity contribution >= 4 is 0 Å². The lowest BCUT2D eigenvalue weighted by Crippen LogP contribution is -2.54. The average molecular weight is 259 g/mol. The predicted octanol–water partition coefficient (Wildman–Crippen LogP) is 2.82. The lowest BCUT2D eigenvalue weighted by atomic mass is 9.54. The zero-order chi connectivity index (χ0) is 12.8. The molecule has 0 aromatic carbocycles. The Labute approximate surface area is 115 Å². The van der Waals surface area contributed by atoms with Crippen LogP contribution in [-0.2, 0) is 13.1 Å². The number of aromatic nitrogens is 2. The van der Waals surface area contributed by atoms with E-state index in [1.54, 1.807) is 6.42 Å². The van der Waals surface area contributed by atoms with Crippen molar-refractivity contribution in [1.29, 1.82) is 0 Å². The van der Waals surface area contributed by atoms with Gasteiger partial charge in [0.15, 0.2) is 0 Å². The average Bonchev–Trinajstić information content (AvgIpc) is 2.84. The summed E-state index contributed by atoms with van der Waals surface area (Å²) in [6, 6.07) is 2.94. The van der Waals surface area contributed by atoms with Crippen molar-refractivity contribution in [1.82, 2.24) is 15.1 Å². The third-order valence-corrected chi connectivity index (χ3v) is 5.85. The van der Waals surface area contributed by atoms with Crippen molar-refractivity contribution < 1.29 is 0 Å². The largest absolute Gasteiger partial charge is 0.308 e. The van der Waals surface area contributed by atoms with Gasteiger partial charge in [-0.2, -0.15) is 5.10 Å². The van der Waals surface area contributed by atoms with Crippen LogP contribution in [0.1, 0.15) is 44.7 Å². The molecule has 4 aliphatic carbocycles. The van der Waals surface area contributed by atoms with Crippen molar-refractivity contribution in [3.05, 3.63) is 18.0 Å². The van der Waals surface area contributed by atoms with Crippen LogP contribution in [-0.4, -0.2) is 15.8 Å². The van der Waals surface area contributed by atoms with Gasteiger partial charge in [-0.1, -0.05) is 0 Å². The van der Waals surface area contributed by atoms with E-state index in [9.17, 15) is 0 Å². The first-order valence-corrected chi connectivity index (χ1v) is 8.07. The molecule has 1 N–H and O–H groups in total. The fourth-order valence-electron chi connectivity index (χ4n) is 5.28. The van der Waals surface area contributed by atoms with Gasteiger partial charge in [0.25, 0.3) is 0 Å². The molecule has 1 heterocycles. The Morgan fingerprint density at radius 1 is 1.16 bits per heavy atom. The van der Waals surface area contributed by atoms with Gasteiger partial charge >= 0.3 is 0 Å². The first kappa shape index (κ1) is 12.0. The minimum Gasteiger partial charge on any atom is -0.308 e. The molecule has 0 unspecified atom stereocenters. The van der Waals surface area contributed by atoms with E-state index >= 15 is 0 Å². The van der Waals surface area contributed by atoms with E-state index in [2.05, 4.69) is 28.1 Å². The van der Waals surface area contributed by atoms with Crippen LogP contribution >= 0.6 is 0 Å². The summed E-state index contributed by atoms with van der Waals surface area (Å²) in [5.74, 6) is 4.08. The van der Waals surface area contributed by atoms with Crippen molar-refractivity contribution in [2.45, 2.75) is 58.2 Å². The van der Waals surface area contributed by atoms with Gasteiger partial charge in [-0.3, -0.25) is 4.68 Å². The first-order valence-electron chi connectivity index (χ1n) is 8.07. The van der Waals surface area contributed by atoms with Crippen LogP contribution in [0.5, 0.6) is 0 Å². The molecule has 0 atom stereocenters. The smallest absolute Gasteiger partial charge is 0.0522 e. The molecule has 3 nitrogen and oxygen atoms in total. The van der Waals surface area contributed by atoms with Crippen LogP contribution in [0.25, 0.3) is 0 Å². The standard InChI is InChI=1S/C16H25N3/c1-2-19-15(3-4-18-19)10-17-16-13-6-11-5-12(8-13)9-14(16)7-11/h3-4,11-14,16-17H,2,5-10H2,1H3. The normalized spacial score (nSPS) is 39.9. The predicted molar refractivity (Wildman–Crippen MR) is 75.6 cm³/mol. The molecular formula is C16H25N3. The highest BCUT2D eigenvalue weighted by Crippen LogP contribution is 2.53. The van der Waals surface area contributed by atoms with E-state index in [-0.39, 0.29) is 0 Å². The molecular weight excluding hydrogens is 234 g/mol. The van der Waals surface area contributed by atoms with Crippen molar-refractivity contribution in [3.8, 4) is 0 Å².